The maximum Gasteiger partial charge on any atom is 0.323 e. The number of nitrogens with one attached hydrogen (secondary N) is 2. The van der Waals surface area contributed by atoms with Crippen molar-refractivity contribution < 1.29 is 9.53 Å². The fraction of sp³-hybridized carbons (Fsp3) is 0.167. The van der Waals surface area contributed by atoms with Crippen LogP contribution in [0.15, 0.2) is 60.9 Å². The molecular formula is C24H24N6O2. The Morgan fingerprint density at radius 2 is 1.50 bits per heavy atom. The molecule has 2 N–H and O–H groups in total. The highest BCUT2D eigenvalue weighted by Crippen LogP contribution is 2.24. The van der Waals surface area contributed by atoms with Crippen LogP contribution in [-0.4, -0.2) is 25.6 Å². The van der Waals surface area contributed by atoms with Crippen molar-refractivity contribution >= 4 is 17.4 Å². The molecule has 2 heterocycles. The SMILES string of the molecule is Cc1ccc(NC(=O)Nc2ccc(Oc3cc(-n4cnc(C)c4C)nc(C)n3)cc2)cc1. The topological polar surface area (TPSA) is 94.0 Å². The van der Waals surface area contributed by atoms with Crippen LogP contribution < -0.4 is 15.4 Å². The van der Waals surface area contributed by atoms with Crippen molar-refractivity contribution in [3.63, 3.8) is 0 Å². The molecular weight excluding hydrogens is 404 g/mol. The van der Waals surface area contributed by atoms with E-state index in [2.05, 4.69) is 25.6 Å². The molecule has 0 saturated heterocycles. The second-order valence-electron chi connectivity index (χ2n) is 7.47. The van der Waals surface area contributed by atoms with E-state index in [9.17, 15) is 4.79 Å². The van der Waals surface area contributed by atoms with E-state index in [0.717, 1.165) is 22.6 Å². The lowest BCUT2D eigenvalue weighted by Gasteiger charge is -2.11. The quantitative estimate of drug-likeness (QED) is 0.448. The first-order valence-electron chi connectivity index (χ1n) is 10.2. The van der Waals surface area contributed by atoms with E-state index in [0.29, 0.717) is 29.0 Å². The summed E-state index contributed by atoms with van der Waals surface area (Å²) in [5.41, 5.74) is 4.46. The lowest BCUT2D eigenvalue weighted by molar-refractivity contribution is 0.262. The molecule has 2 amide bonds. The number of hydrogen-bond donors (Lipinski definition) is 2. The second-order valence-corrected chi connectivity index (χ2v) is 7.47. The number of anilines is 2. The van der Waals surface area contributed by atoms with Crippen LogP contribution in [0.2, 0.25) is 0 Å². The van der Waals surface area contributed by atoms with Crippen molar-refractivity contribution in [2.75, 3.05) is 10.6 Å². The van der Waals surface area contributed by atoms with Crippen molar-refractivity contribution in [1.82, 2.24) is 19.5 Å². The number of imidazole rings is 1. The van der Waals surface area contributed by atoms with Crippen LogP contribution in [-0.2, 0) is 0 Å². The Labute approximate surface area is 186 Å². The van der Waals surface area contributed by atoms with Gasteiger partial charge in [0.15, 0.2) is 0 Å². The Balaban J connectivity index is 1.43. The first kappa shape index (κ1) is 21.0. The number of ether oxygens (including phenoxy) is 1. The van der Waals surface area contributed by atoms with Crippen molar-refractivity contribution in [3.05, 3.63) is 83.7 Å². The highest BCUT2D eigenvalue weighted by atomic mass is 16.5. The second kappa shape index (κ2) is 8.89. The zero-order chi connectivity index (χ0) is 22.7. The molecule has 8 heteroatoms. The molecule has 0 radical (unpaired) electrons. The highest BCUT2D eigenvalue weighted by Gasteiger charge is 2.10. The van der Waals surface area contributed by atoms with Crippen molar-refractivity contribution in [2.24, 2.45) is 0 Å². The zero-order valence-electron chi connectivity index (χ0n) is 18.4. The third-order valence-electron chi connectivity index (χ3n) is 4.94. The zero-order valence-corrected chi connectivity index (χ0v) is 18.4. The van der Waals surface area contributed by atoms with Crippen molar-refractivity contribution in [1.29, 1.82) is 0 Å². The Kier molecular flexibility index (Phi) is 5.85. The van der Waals surface area contributed by atoms with Gasteiger partial charge in [0.05, 0.1) is 5.69 Å². The number of benzene rings is 2. The molecule has 0 saturated carbocycles. The van der Waals surface area contributed by atoms with Gasteiger partial charge in [-0.1, -0.05) is 17.7 Å². The van der Waals surface area contributed by atoms with Gasteiger partial charge in [-0.3, -0.25) is 4.57 Å². The molecule has 0 atom stereocenters. The summed E-state index contributed by atoms with van der Waals surface area (Å²) in [4.78, 5) is 25.4. The molecule has 0 aliphatic carbocycles. The number of aromatic nitrogens is 4. The molecule has 8 nitrogen and oxygen atoms in total. The maximum atomic E-state index is 12.2. The number of carbonyl (C=O) groups is 1. The first-order chi connectivity index (χ1) is 15.4. The van der Waals surface area contributed by atoms with E-state index in [-0.39, 0.29) is 6.03 Å². The summed E-state index contributed by atoms with van der Waals surface area (Å²) >= 11 is 0. The van der Waals surface area contributed by atoms with E-state index in [1.165, 1.54) is 0 Å². The van der Waals surface area contributed by atoms with Gasteiger partial charge in [-0.25, -0.2) is 14.8 Å². The van der Waals surface area contributed by atoms with Crippen LogP contribution in [0.3, 0.4) is 0 Å². The van der Waals surface area contributed by atoms with Gasteiger partial charge < -0.3 is 15.4 Å². The predicted molar refractivity (Wildman–Crippen MR) is 124 cm³/mol. The third-order valence-corrected chi connectivity index (χ3v) is 4.94. The summed E-state index contributed by atoms with van der Waals surface area (Å²) in [5, 5.41) is 5.60. The number of nitrogens with zero attached hydrogens (tertiary/aromatic N) is 4. The van der Waals surface area contributed by atoms with Gasteiger partial charge in [-0.05, 0) is 64.1 Å². The summed E-state index contributed by atoms with van der Waals surface area (Å²) in [6, 6.07) is 16.1. The molecule has 0 fully saturated rings. The number of urea groups is 1. The fourth-order valence-electron chi connectivity index (χ4n) is 3.09. The predicted octanol–water partition coefficient (Wildman–Crippen LogP) is 5.33. The molecule has 0 unspecified atom stereocenters. The number of amides is 2. The Hall–Kier alpha value is -4.20. The molecule has 2 aromatic carbocycles. The average Bonchev–Trinajstić information content (AvgIpc) is 3.09. The molecule has 4 rings (SSSR count). The maximum absolute atomic E-state index is 12.2. The largest absolute Gasteiger partial charge is 0.439 e. The van der Waals surface area contributed by atoms with E-state index in [1.807, 2.05) is 56.5 Å². The van der Waals surface area contributed by atoms with Crippen LogP contribution in [0, 0.1) is 27.7 Å². The minimum Gasteiger partial charge on any atom is -0.439 e. The summed E-state index contributed by atoms with van der Waals surface area (Å²) < 4.78 is 7.82. The molecule has 0 bridgehead atoms. The molecule has 4 aromatic rings. The average molecular weight is 428 g/mol. The Morgan fingerprint density at radius 3 is 2.09 bits per heavy atom. The summed E-state index contributed by atoms with van der Waals surface area (Å²) in [6.07, 6.45) is 1.73. The van der Waals surface area contributed by atoms with E-state index < -0.39 is 0 Å². The van der Waals surface area contributed by atoms with Crippen molar-refractivity contribution in [2.45, 2.75) is 27.7 Å². The number of carbonyl (C=O) groups excluding carboxylic acids is 1. The van der Waals surface area contributed by atoms with Crippen LogP contribution in [0.5, 0.6) is 11.6 Å². The number of hydrogen-bond acceptors (Lipinski definition) is 5. The summed E-state index contributed by atoms with van der Waals surface area (Å²) in [7, 11) is 0. The van der Waals surface area contributed by atoms with Gasteiger partial charge in [0.25, 0.3) is 0 Å². The Morgan fingerprint density at radius 1 is 0.875 bits per heavy atom. The van der Waals surface area contributed by atoms with Crippen LogP contribution in [0.25, 0.3) is 5.82 Å². The molecule has 162 valence electrons. The van der Waals surface area contributed by atoms with Crippen LogP contribution in [0.1, 0.15) is 22.8 Å². The molecule has 0 spiro atoms. The number of aryl methyl sites for hydroxylation is 3. The van der Waals surface area contributed by atoms with Gasteiger partial charge in [0, 0.05) is 23.1 Å². The highest BCUT2D eigenvalue weighted by molar-refractivity contribution is 5.99. The van der Waals surface area contributed by atoms with Gasteiger partial charge >= 0.3 is 6.03 Å². The first-order valence-corrected chi connectivity index (χ1v) is 10.2. The number of rotatable bonds is 5. The lowest BCUT2D eigenvalue weighted by atomic mass is 10.2. The normalized spacial score (nSPS) is 10.6. The lowest BCUT2D eigenvalue weighted by Crippen LogP contribution is -2.19. The minimum atomic E-state index is -0.315. The summed E-state index contributed by atoms with van der Waals surface area (Å²) in [5.74, 6) is 2.30. The smallest absolute Gasteiger partial charge is 0.323 e. The van der Waals surface area contributed by atoms with E-state index >= 15 is 0 Å². The van der Waals surface area contributed by atoms with Gasteiger partial charge in [-0.15, -0.1) is 0 Å². The molecule has 0 aliphatic rings. The van der Waals surface area contributed by atoms with Gasteiger partial charge in [-0.2, -0.15) is 4.98 Å². The fourth-order valence-corrected chi connectivity index (χ4v) is 3.09. The van der Waals surface area contributed by atoms with Crippen molar-refractivity contribution in [3.8, 4) is 17.4 Å². The van der Waals surface area contributed by atoms with Gasteiger partial charge in [0.2, 0.25) is 5.88 Å². The molecule has 2 aromatic heterocycles. The summed E-state index contributed by atoms with van der Waals surface area (Å²) in [6.45, 7) is 7.75. The van der Waals surface area contributed by atoms with E-state index in [1.54, 1.807) is 36.7 Å². The molecule has 32 heavy (non-hydrogen) atoms. The standard InChI is InChI=1S/C24H24N6O2/c1-15-5-7-19(8-6-15)28-24(31)29-20-9-11-21(12-10-20)32-23-13-22(26-18(4)27-23)30-14-25-16(2)17(30)3/h5-14H,1-4H3,(H2,28,29,31). The van der Waals surface area contributed by atoms with E-state index in [4.69, 9.17) is 4.74 Å². The van der Waals surface area contributed by atoms with Crippen LogP contribution >= 0.6 is 0 Å². The monoisotopic (exact) mass is 428 g/mol. The van der Waals surface area contributed by atoms with Gasteiger partial charge in [0.1, 0.15) is 23.7 Å². The minimum absolute atomic E-state index is 0.315. The third kappa shape index (κ3) is 4.92. The molecule has 0 aliphatic heterocycles. The van der Waals surface area contributed by atoms with Crippen LogP contribution in [0.4, 0.5) is 16.2 Å². The Bertz CT molecular complexity index is 1250.